The van der Waals surface area contributed by atoms with Gasteiger partial charge in [0.2, 0.25) is 0 Å². The predicted molar refractivity (Wildman–Crippen MR) is 49.8 cm³/mol. The lowest BCUT2D eigenvalue weighted by Gasteiger charge is -2.13. The molecule has 0 saturated carbocycles. The van der Waals surface area contributed by atoms with E-state index in [1.54, 1.807) is 14.2 Å². The number of methoxy groups -OCH3 is 2. The van der Waals surface area contributed by atoms with Crippen LogP contribution in [-0.4, -0.2) is 25.9 Å². The summed E-state index contributed by atoms with van der Waals surface area (Å²) in [5.41, 5.74) is 0.921. The molecule has 3 nitrogen and oxygen atoms in total. The lowest BCUT2D eigenvalue weighted by molar-refractivity contribution is 0.0483. The summed E-state index contributed by atoms with van der Waals surface area (Å²) in [7, 11) is 3.18. The highest BCUT2D eigenvalue weighted by molar-refractivity contribution is 5.29. The Balaban J connectivity index is 2.86. The van der Waals surface area contributed by atoms with Gasteiger partial charge in [-0.3, -0.25) is 0 Å². The van der Waals surface area contributed by atoms with Crippen LogP contribution in [0.2, 0.25) is 0 Å². The van der Waals surface area contributed by atoms with E-state index in [4.69, 9.17) is 14.6 Å². The van der Waals surface area contributed by atoms with Gasteiger partial charge < -0.3 is 14.6 Å². The Bertz CT molecular complexity index is 256. The molecule has 0 spiro atoms. The van der Waals surface area contributed by atoms with Gasteiger partial charge in [0.25, 0.3) is 0 Å². The molecule has 0 aliphatic carbocycles. The van der Waals surface area contributed by atoms with Crippen LogP contribution < -0.4 is 4.74 Å². The number of benzene rings is 1. The van der Waals surface area contributed by atoms with Crippen LogP contribution in [-0.2, 0) is 4.74 Å². The minimum Gasteiger partial charge on any atom is -0.497 e. The second kappa shape index (κ2) is 4.84. The van der Waals surface area contributed by atoms with Gasteiger partial charge in [0.1, 0.15) is 11.9 Å². The van der Waals surface area contributed by atoms with E-state index in [1.807, 2.05) is 24.3 Å². The molecule has 0 heterocycles. The maximum atomic E-state index is 8.98. The third-order valence-corrected chi connectivity index (χ3v) is 1.92. The van der Waals surface area contributed by atoms with Gasteiger partial charge in [-0.1, -0.05) is 12.1 Å². The number of ether oxygens (including phenoxy) is 2. The van der Waals surface area contributed by atoms with Crippen LogP contribution in [0.5, 0.6) is 5.75 Å². The standard InChI is InChI=1S/C10H14O3/c1-12-9-5-3-4-8(6-9)10(7-11)13-2/h3-6,10-11H,7H2,1-2H3. The first kappa shape index (κ1) is 10.0. The van der Waals surface area contributed by atoms with Gasteiger partial charge in [-0.25, -0.2) is 0 Å². The highest BCUT2D eigenvalue weighted by Crippen LogP contribution is 2.20. The molecule has 0 amide bonds. The van der Waals surface area contributed by atoms with Crippen molar-refractivity contribution in [1.29, 1.82) is 0 Å². The number of aliphatic hydroxyl groups is 1. The summed E-state index contributed by atoms with van der Waals surface area (Å²) in [5.74, 6) is 0.771. The van der Waals surface area contributed by atoms with Gasteiger partial charge in [-0.05, 0) is 17.7 Å². The van der Waals surface area contributed by atoms with Crippen molar-refractivity contribution in [2.75, 3.05) is 20.8 Å². The highest BCUT2D eigenvalue weighted by Gasteiger charge is 2.08. The lowest BCUT2D eigenvalue weighted by Crippen LogP contribution is -2.06. The largest absolute Gasteiger partial charge is 0.497 e. The van der Waals surface area contributed by atoms with Crippen molar-refractivity contribution >= 4 is 0 Å². The van der Waals surface area contributed by atoms with Crippen molar-refractivity contribution in [3.63, 3.8) is 0 Å². The molecule has 0 bridgehead atoms. The molecular weight excluding hydrogens is 168 g/mol. The van der Waals surface area contributed by atoms with Crippen molar-refractivity contribution in [3.8, 4) is 5.75 Å². The zero-order valence-electron chi connectivity index (χ0n) is 7.86. The van der Waals surface area contributed by atoms with Crippen LogP contribution in [0, 0.1) is 0 Å². The van der Waals surface area contributed by atoms with Crippen molar-refractivity contribution in [1.82, 2.24) is 0 Å². The van der Waals surface area contributed by atoms with Gasteiger partial charge in [-0.15, -0.1) is 0 Å². The average Bonchev–Trinajstić information content (AvgIpc) is 2.20. The summed E-state index contributed by atoms with van der Waals surface area (Å²) < 4.78 is 10.1. The fourth-order valence-electron chi connectivity index (χ4n) is 1.16. The summed E-state index contributed by atoms with van der Waals surface area (Å²) in [5, 5.41) is 8.98. The maximum Gasteiger partial charge on any atom is 0.119 e. The van der Waals surface area contributed by atoms with Crippen molar-refractivity contribution in [2.45, 2.75) is 6.10 Å². The van der Waals surface area contributed by atoms with E-state index >= 15 is 0 Å². The minimum atomic E-state index is -0.268. The van der Waals surface area contributed by atoms with E-state index < -0.39 is 0 Å². The van der Waals surface area contributed by atoms with Crippen LogP contribution in [0.3, 0.4) is 0 Å². The smallest absolute Gasteiger partial charge is 0.119 e. The number of aliphatic hydroxyl groups excluding tert-OH is 1. The molecule has 1 N–H and O–H groups in total. The van der Waals surface area contributed by atoms with Gasteiger partial charge in [0, 0.05) is 7.11 Å². The van der Waals surface area contributed by atoms with Crippen molar-refractivity contribution in [3.05, 3.63) is 29.8 Å². The minimum absolute atomic E-state index is 0.0241. The molecule has 1 unspecified atom stereocenters. The van der Waals surface area contributed by atoms with E-state index in [0.29, 0.717) is 0 Å². The Morgan fingerprint density at radius 2 is 2.15 bits per heavy atom. The molecule has 0 aliphatic rings. The summed E-state index contributed by atoms with van der Waals surface area (Å²) in [6, 6.07) is 7.47. The molecule has 72 valence electrons. The van der Waals surface area contributed by atoms with E-state index in [1.165, 1.54) is 0 Å². The zero-order chi connectivity index (χ0) is 9.68. The highest BCUT2D eigenvalue weighted by atomic mass is 16.5. The quantitative estimate of drug-likeness (QED) is 0.764. The third-order valence-electron chi connectivity index (χ3n) is 1.92. The SMILES string of the molecule is COc1cccc(C(CO)OC)c1. The fourth-order valence-corrected chi connectivity index (χ4v) is 1.16. The van der Waals surface area contributed by atoms with Crippen LogP contribution in [0.1, 0.15) is 11.7 Å². The first-order valence-electron chi connectivity index (χ1n) is 4.09. The number of hydrogen-bond acceptors (Lipinski definition) is 3. The Labute approximate surface area is 77.9 Å². The summed E-state index contributed by atoms with van der Waals surface area (Å²) >= 11 is 0. The molecule has 0 aromatic heterocycles. The van der Waals surface area contributed by atoms with Crippen LogP contribution in [0.4, 0.5) is 0 Å². The first-order chi connectivity index (χ1) is 6.31. The Morgan fingerprint density at radius 3 is 2.69 bits per heavy atom. The molecule has 1 aromatic rings. The molecule has 1 aromatic carbocycles. The molecule has 3 heteroatoms. The second-order valence-corrected chi connectivity index (χ2v) is 2.68. The van der Waals surface area contributed by atoms with Gasteiger partial charge in [0.05, 0.1) is 13.7 Å². The molecule has 0 aliphatic heterocycles. The summed E-state index contributed by atoms with van der Waals surface area (Å²) in [6.45, 7) is -0.0241. The Kier molecular flexibility index (Phi) is 3.73. The van der Waals surface area contributed by atoms with Gasteiger partial charge in [-0.2, -0.15) is 0 Å². The molecule has 1 rings (SSSR count). The van der Waals surface area contributed by atoms with E-state index in [9.17, 15) is 0 Å². The first-order valence-corrected chi connectivity index (χ1v) is 4.09. The van der Waals surface area contributed by atoms with E-state index in [-0.39, 0.29) is 12.7 Å². The molecular formula is C10H14O3. The fraction of sp³-hybridized carbons (Fsp3) is 0.400. The lowest BCUT2D eigenvalue weighted by atomic mass is 10.1. The summed E-state index contributed by atoms with van der Waals surface area (Å²) in [6.07, 6.45) is -0.268. The Hall–Kier alpha value is -1.06. The molecule has 0 radical (unpaired) electrons. The molecule has 1 atom stereocenters. The third kappa shape index (κ3) is 2.44. The molecule has 0 fully saturated rings. The van der Waals surface area contributed by atoms with Crippen molar-refractivity contribution in [2.24, 2.45) is 0 Å². The molecule has 0 saturated heterocycles. The number of rotatable bonds is 4. The van der Waals surface area contributed by atoms with E-state index in [2.05, 4.69) is 0 Å². The van der Waals surface area contributed by atoms with E-state index in [0.717, 1.165) is 11.3 Å². The maximum absolute atomic E-state index is 8.98. The van der Waals surface area contributed by atoms with Crippen molar-refractivity contribution < 1.29 is 14.6 Å². The zero-order valence-corrected chi connectivity index (χ0v) is 7.86. The van der Waals surface area contributed by atoms with Crippen LogP contribution in [0.15, 0.2) is 24.3 Å². The normalized spacial score (nSPS) is 12.5. The van der Waals surface area contributed by atoms with Gasteiger partial charge in [0.15, 0.2) is 0 Å². The summed E-state index contributed by atoms with van der Waals surface area (Å²) in [4.78, 5) is 0. The van der Waals surface area contributed by atoms with Crippen LogP contribution in [0.25, 0.3) is 0 Å². The average molecular weight is 182 g/mol. The van der Waals surface area contributed by atoms with Gasteiger partial charge >= 0.3 is 0 Å². The number of hydrogen-bond donors (Lipinski definition) is 1. The topological polar surface area (TPSA) is 38.7 Å². The molecule has 13 heavy (non-hydrogen) atoms. The predicted octanol–water partition coefficient (Wildman–Crippen LogP) is 1.37. The second-order valence-electron chi connectivity index (χ2n) is 2.68. The monoisotopic (exact) mass is 182 g/mol. The Morgan fingerprint density at radius 1 is 1.38 bits per heavy atom. The van der Waals surface area contributed by atoms with Crippen LogP contribution >= 0.6 is 0 Å².